The molecule has 0 radical (unpaired) electrons. The molecule has 1 aromatic carbocycles. The number of imidazole rings is 1. The van der Waals surface area contributed by atoms with Gasteiger partial charge in [-0.3, -0.25) is 15.1 Å². The second-order valence-electron chi connectivity index (χ2n) is 4.68. The van der Waals surface area contributed by atoms with E-state index >= 15 is 0 Å². The normalized spacial score (nSPS) is 11.0. The van der Waals surface area contributed by atoms with Gasteiger partial charge in [0.1, 0.15) is 0 Å². The Balaban J connectivity index is 1.92. The zero-order valence-corrected chi connectivity index (χ0v) is 11.5. The van der Waals surface area contributed by atoms with Crippen molar-refractivity contribution in [3.63, 3.8) is 0 Å². The predicted octanol–water partition coefficient (Wildman–Crippen LogP) is 1.23. The summed E-state index contributed by atoms with van der Waals surface area (Å²) in [4.78, 5) is 26.3. The average Bonchev–Trinajstić information content (AvgIpc) is 2.85. The van der Waals surface area contributed by atoms with Crippen molar-refractivity contribution in [2.45, 2.75) is 13.3 Å². The molecule has 3 rings (SSSR count). The molecule has 0 saturated carbocycles. The van der Waals surface area contributed by atoms with Crippen LogP contribution < -0.4 is 10.9 Å². The largest absolute Gasteiger partial charge is 0.396 e. The first-order valence-electron chi connectivity index (χ1n) is 6.60. The van der Waals surface area contributed by atoms with Crippen LogP contribution in [-0.2, 0) is 6.42 Å². The van der Waals surface area contributed by atoms with Gasteiger partial charge in [-0.1, -0.05) is 12.1 Å². The molecule has 7 heteroatoms. The number of aromatic amines is 2. The van der Waals surface area contributed by atoms with E-state index in [1.807, 2.05) is 24.3 Å². The molecule has 7 nitrogen and oxygen atoms in total. The molecule has 0 aliphatic carbocycles. The van der Waals surface area contributed by atoms with Crippen molar-refractivity contribution >= 4 is 22.9 Å². The first kappa shape index (κ1) is 13.3. The zero-order chi connectivity index (χ0) is 14.8. The van der Waals surface area contributed by atoms with Gasteiger partial charge < -0.3 is 10.1 Å². The lowest BCUT2D eigenvalue weighted by molar-refractivity contribution is 0.298. The number of nitrogens with zero attached hydrogens (tertiary/aromatic N) is 2. The molecule has 21 heavy (non-hydrogen) atoms. The van der Waals surface area contributed by atoms with Crippen molar-refractivity contribution in [2.75, 3.05) is 11.9 Å². The molecule has 0 unspecified atom stereocenters. The van der Waals surface area contributed by atoms with Crippen molar-refractivity contribution in [1.29, 1.82) is 0 Å². The third-order valence-corrected chi connectivity index (χ3v) is 3.21. The number of H-pyrrole nitrogens is 2. The number of rotatable bonds is 4. The summed E-state index contributed by atoms with van der Waals surface area (Å²) in [5.41, 5.74) is 2.56. The number of aliphatic hydroxyl groups is 1. The van der Waals surface area contributed by atoms with Crippen LogP contribution in [0.2, 0.25) is 0 Å². The monoisotopic (exact) mass is 285 g/mol. The highest BCUT2D eigenvalue weighted by atomic mass is 16.3. The smallest absolute Gasteiger partial charge is 0.255 e. The molecule has 0 spiro atoms. The second-order valence-corrected chi connectivity index (χ2v) is 4.68. The summed E-state index contributed by atoms with van der Waals surface area (Å²) in [6, 6.07) is 7.63. The summed E-state index contributed by atoms with van der Waals surface area (Å²) in [6.45, 7) is 1.66. The first-order chi connectivity index (χ1) is 10.2. The van der Waals surface area contributed by atoms with Crippen LogP contribution in [0, 0.1) is 6.92 Å². The summed E-state index contributed by atoms with van der Waals surface area (Å²) in [7, 11) is 0. The molecule has 0 bridgehead atoms. The number of aryl methyl sites for hydroxylation is 1. The minimum absolute atomic E-state index is 0.0814. The molecule has 2 aromatic heterocycles. The fourth-order valence-corrected chi connectivity index (χ4v) is 2.20. The van der Waals surface area contributed by atoms with E-state index in [2.05, 4.69) is 25.3 Å². The SMILES string of the molecule is Cc1nc(Nc2nc3ccccc3[nH]2)[nH]c(=O)c1CCO. The number of para-hydroxylation sites is 2. The number of hydrogen-bond acceptors (Lipinski definition) is 5. The highest BCUT2D eigenvalue weighted by Crippen LogP contribution is 2.15. The van der Waals surface area contributed by atoms with E-state index in [4.69, 9.17) is 5.11 Å². The highest BCUT2D eigenvalue weighted by Gasteiger charge is 2.09. The van der Waals surface area contributed by atoms with E-state index in [9.17, 15) is 4.79 Å². The van der Waals surface area contributed by atoms with Crippen LogP contribution >= 0.6 is 0 Å². The standard InChI is InChI=1S/C14H15N5O2/c1-8-9(6-7-20)12(21)18-13(15-8)19-14-16-10-4-2-3-5-11(10)17-14/h2-5,20H,6-7H2,1H3,(H3,15,16,17,18,19,21). The number of nitrogens with one attached hydrogen (secondary N) is 3. The second kappa shape index (κ2) is 5.37. The van der Waals surface area contributed by atoms with E-state index in [-0.39, 0.29) is 12.2 Å². The first-order valence-corrected chi connectivity index (χ1v) is 6.60. The number of fused-ring (bicyclic) bond motifs is 1. The fraction of sp³-hybridized carbons (Fsp3) is 0.214. The van der Waals surface area contributed by atoms with Crippen molar-refractivity contribution in [3.8, 4) is 0 Å². The maximum atomic E-state index is 11.9. The van der Waals surface area contributed by atoms with E-state index in [1.165, 1.54) is 0 Å². The summed E-state index contributed by atoms with van der Waals surface area (Å²) in [6.07, 6.45) is 0.291. The summed E-state index contributed by atoms with van der Waals surface area (Å²) in [5.74, 6) is 0.826. The summed E-state index contributed by atoms with van der Waals surface area (Å²) in [5, 5.41) is 11.9. The maximum absolute atomic E-state index is 11.9. The molecule has 3 aromatic rings. The van der Waals surface area contributed by atoms with E-state index in [0.717, 1.165) is 11.0 Å². The highest BCUT2D eigenvalue weighted by molar-refractivity contribution is 5.77. The van der Waals surface area contributed by atoms with E-state index in [1.54, 1.807) is 6.92 Å². The van der Waals surface area contributed by atoms with Crippen LogP contribution in [0.3, 0.4) is 0 Å². The molecule has 0 amide bonds. The molecule has 0 saturated heterocycles. The Morgan fingerprint density at radius 3 is 2.67 bits per heavy atom. The van der Waals surface area contributed by atoms with Gasteiger partial charge in [-0.2, -0.15) is 0 Å². The molecule has 0 atom stereocenters. The molecule has 0 aliphatic heterocycles. The number of benzene rings is 1. The van der Waals surface area contributed by atoms with Gasteiger partial charge in [-0.15, -0.1) is 0 Å². The average molecular weight is 285 g/mol. The minimum Gasteiger partial charge on any atom is -0.396 e. The van der Waals surface area contributed by atoms with Gasteiger partial charge in [0, 0.05) is 18.6 Å². The predicted molar refractivity (Wildman–Crippen MR) is 79.8 cm³/mol. The van der Waals surface area contributed by atoms with Gasteiger partial charge in [0.2, 0.25) is 11.9 Å². The molecular weight excluding hydrogens is 270 g/mol. The van der Waals surface area contributed by atoms with Crippen molar-refractivity contribution in [2.24, 2.45) is 0 Å². The minimum atomic E-state index is -0.254. The van der Waals surface area contributed by atoms with E-state index < -0.39 is 0 Å². The van der Waals surface area contributed by atoms with Crippen LogP contribution in [0.1, 0.15) is 11.3 Å². The zero-order valence-electron chi connectivity index (χ0n) is 11.5. The Morgan fingerprint density at radius 1 is 1.19 bits per heavy atom. The van der Waals surface area contributed by atoms with Crippen LogP contribution in [0.25, 0.3) is 11.0 Å². The number of aromatic nitrogens is 4. The molecular formula is C14H15N5O2. The molecule has 0 aliphatic rings. The number of anilines is 2. The third kappa shape index (κ3) is 2.63. The lowest BCUT2D eigenvalue weighted by Gasteiger charge is -2.06. The van der Waals surface area contributed by atoms with Gasteiger partial charge in [0.05, 0.1) is 16.7 Å². The van der Waals surface area contributed by atoms with Crippen LogP contribution in [-0.4, -0.2) is 31.6 Å². The Labute approximate surface area is 120 Å². The van der Waals surface area contributed by atoms with Crippen molar-refractivity contribution in [1.82, 2.24) is 19.9 Å². The maximum Gasteiger partial charge on any atom is 0.255 e. The summed E-state index contributed by atoms with van der Waals surface area (Å²) < 4.78 is 0. The van der Waals surface area contributed by atoms with E-state index in [0.29, 0.717) is 29.6 Å². The van der Waals surface area contributed by atoms with Crippen molar-refractivity contribution < 1.29 is 5.11 Å². The topological polar surface area (TPSA) is 107 Å². The molecule has 108 valence electrons. The Morgan fingerprint density at radius 2 is 1.95 bits per heavy atom. The molecule has 0 fully saturated rings. The fourth-order valence-electron chi connectivity index (χ4n) is 2.20. The van der Waals surface area contributed by atoms with Crippen molar-refractivity contribution in [3.05, 3.63) is 45.9 Å². The lowest BCUT2D eigenvalue weighted by Crippen LogP contribution is -2.19. The Kier molecular flexibility index (Phi) is 3.41. The van der Waals surface area contributed by atoms with Crippen LogP contribution in [0.5, 0.6) is 0 Å². The van der Waals surface area contributed by atoms with Gasteiger partial charge >= 0.3 is 0 Å². The Bertz CT molecular complexity index is 804. The lowest BCUT2D eigenvalue weighted by atomic mass is 10.2. The number of aliphatic hydroxyl groups excluding tert-OH is 1. The molecule has 2 heterocycles. The van der Waals surface area contributed by atoms with Gasteiger partial charge in [-0.05, 0) is 19.1 Å². The van der Waals surface area contributed by atoms with Gasteiger partial charge in [0.15, 0.2) is 0 Å². The summed E-state index contributed by atoms with van der Waals surface area (Å²) >= 11 is 0. The Hall–Kier alpha value is -2.67. The van der Waals surface area contributed by atoms with Gasteiger partial charge in [0.25, 0.3) is 5.56 Å². The van der Waals surface area contributed by atoms with Gasteiger partial charge in [-0.25, -0.2) is 9.97 Å². The third-order valence-electron chi connectivity index (χ3n) is 3.21. The van der Waals surface area contributed by atoms with Crippen LogP contribution in [0.4, 0.5) is 11.9 Å². The molecule has 4 N–H and O–H groups in total. The quantitative estimate of drug-likeness (QED) is 0.577. The van der Waals surface area contributed by atoms with Crippen LogP contribution in [0.15, 0.2) is 29.1 Å². The number of hydrogen-bond donors (Lipinski definition) is 4.